The summed E-state index contributed by atoms with van der Waals surface area (Å²) in [6.07, 6.45) is 5.17. The van der Waals surface area contributed by atoms with E-state index in [1.807, 2.05) is 7.05 Å². The van der Waals surface area contributed by atoms with Crippen LogP contribution in [0, 0.1) is 5.41 Å². The van der Waals surface area contributed by atoms with Crippen molar-refractivity contribution in [3.63, 3.8) is 0 Å². The van der Waals surface area contributed by atoms with Gasteiger partial charge in [0.15, 0.2) is 5.11 Å². The molecule has 0 saturated heterocycles. The van der Waals surface area contributed by atoms with Crippen LogP contribution >= 0.6 is 12.2 Å². The van der Waals surface area contributed by atoms with Gasteiger partial charge in [0.25, 0.3) is 0 Å². The van der Waals surface area contributed by atoms with E-state index in [1.54, 1.807) is 0 Å². The van der Waals surface area contributed by atoms with Crippen LogP contribution < -0.4 is 5.32 Å². The molecule has 3 heteroatoms. The monoisotopic (exact) mass is 214 g/mol. The molecule has 0 aromatic heterocycles. The first-order chi connectivity index (χ1) is 6.46. The Balaban J connectivity index is 2.45. The first kappa shape index (κ1) is 11.8. The molecule has 0 heterocycles. The van der Waals surface area contributed by atoms with E-state index >= 15 is 0 Å². The largest absolute Gasteiger partial charge is 0.366 e. The Kier molecular flexibility index (Phi) is 3.76. The van der Waals surface area contributed by atoms with Crippen molar-refractivity contribution in [2.75, 3.05) is 14.1 Å². The maximum absolute atomic E-state index is 5.23. The third-order valence-corrected chi connectivity index (χ3v) is 3.88. The highest BCUT2D eigenvalue weighted by Crippen LogP contribution is 2.36. The molecule has 1 aliphatic rings. The molecule has 0 amide bonds. The summed E-state index contributed by atoms with van der Waals surface area (Å²) in [7, 11) is 3.99. The van der Waals surface area contributed by atoms with E-state index in [9.17, 15) is 0 Å². The Bertz CT molecular complexity index is 203. The van der Waals surface area contributed by atoms with Gasteiger partial charge in [0.05, 0.1) is 0 Å². The van der Waals surface area contributed by atoms with Crippen molar-refractivity contribution in [1.29, 1.82) is 0 Å². The second kappa shape index (κ2) is 4.47. The summed E-state index contributed by atoms with van der Waals surface area (Å²) in [5, 5.41) is 3.91. The van der Waals surface area contributed by atoms with Crippen LogP contribution in [0.3, 0.4) is 0 Å². The molecule has 1 fully saturated rings. The molecule has 0 atom stereocenters. The highest BCUT2D eigenvalue weighted by molar-refractivity contribution is 7.80. The zero-order valence-corrected chi connectivity index (χ0v) is 10.6. The van der Waals surface area contributed by atoms with E-state index in [2.05, 4.69) is 31.1 Å². The van der Waals surface area contributed by atoms with Gasteiger partial charge in [-0.3, -0.25) is 0 Å². The van der Waals surface area contributed by atoms with Gasteiger partial charge in [0, 0.05) is 20.1 Å². The summed E-state index contributed by atoms with van der Waals surface area (Å²) in [6, 6.07) is 0.642. The number of hydrogen-bond acceptors (Lipinski definition) is 1. The molecule has 2 nitrogen and oxygen atoms in total. The van der Waals surface area contributed by atoms with Gasteiger partial charge in [0.1, 0.15) is 0 Å². The van der Waals surface area contributed by atoms with Gasteiger partial charge < -0.3 is 10.2 Å². The highest BCUT2D eigenvalue weighted by atomic mass is 32.1. The summed E-state index contributed by atoms with van der Waals surface area (Å²) >= 11 is 5.23. The summed E-state index contributed by atoms with van der Waals surface area (Å²) in [5.41, 5.74) is 0.540. The Hall–Kier alpha value is -0.310. The van der Waals surface area contributed by atoms with Gasteiger partial charge in [0.2, 0.25) is 0 Å². The lowest BCUT2D eigenvalue weighted by Gasteiger charge is -2.39. The maximum Gasteiger partial charge on any atom is 0.168 e. The molecule has 0 aliphatic heterocycles. The first-order valence-electron chi connectivity index (χ1n) is 5.41. The Morgan fingerprint density at radius 2 is 1.86 bits per heavy atom. The standard InChI is InChI=1S/C11H22N2S/c1-11(2)7-5-9(6-8-11)13(4)10(14)12-3/h9H,5-8H2,1-4H3,(H,12,14). The zero-order chi connectivity index (χ0) is 10.8. The van der Waals surface area contributed by atoms with E-state index < -0.39 is 0 Å². The van der Waals surface area contributed by atoms with Gasteiger partial charge in [-0.1, -0.05) is 13.8 Å². The predicted octanol–water partition coefficient (Wildman–Crippen LogP) is 2.39. The summed E-state index contributed by atoms with van der Waals surface area (Å²) in [4.78, 5) is 2.21. The van der Waals surface area contributed by atoms with Crippen molar-refractivity contribution in [3.05, 3.63) is 0 Å². The fraction of sp³-hybridized carbons (Fsp3) is 0.909. The normalized spacial score (nSPS) is 21.7. The molecular weight excluding hydrogens is 192 g/mol. The van der Waals surface area contributed by atoms with Crippen molar-refractivity contribution in [3.8, 4) is 0 Å². The predicted molar refractivity (Wildman–Crippen MR) is 65.5 cm³/mol. The summed E-state index contributed by atoms with van der Waals surface area (Å²) in [6.45, 7) is 4.72. The third kappa shape index (κ3) is 2.84. The first-order valence-corrected chi connectivity index (χ1v) is 5.81. The van der Waals surface area contributed by atoms with Crippen molar-refractivity contribution < 1.29 is 0 Å². The van der Waals surface area contributed by atoms with Crippen LogP contribution in [0.15, 0.2) is 0 Å². The second-order valence-corrected chi connectivity index (χ2v) is 5.45. The molecule has 14 heavy (non-hydrogen) atoms. The van der Waals surface area contributed by atoms with E-state index in [-0.39, 0.29) is 0 Å². The minimum absolute atomic E-state index is 0.540. The topological polar surface area (TPSA) is 15.3 Å². The van der Waals surface area contributed by atoms with E-state index in [1.165, 1.54) is 25.7 Å². The van der Waals surface area contributed by atoms with Crippen molar-refractivity contribution in [2.45, 2.75) is 45.6 Å². The third-order valence-electron chi connectivity index (χ3n) is 3.39. The molecule has 0 aromatic carbocycles. The SMILES string of the molecule is CNC(=S)N(C)C1CCC(C)(C)CC1. The maximum atomic E-state index is 5.23. The molecule has 0 bridgehead atoms. The van der Waals surface area contributed by atoms with Gasteiger partial charge >= 0.3 is 0 Å². The Morgan fingerprint density at radius 3 is 2.29 bits per heavy atom. The lowest BCUT2D eigenvalue weighted by molar-refractivity contribution is 0.169. The average Bonchev–Trinajstić information content (AvgIpc) is 2.15. The molecular formula is C11H22N2S. The number of thiocarbonyl (C=S) groups is 1. The molecule has 0 radical (unpaired) electrons. The van der Waals surface area contributed by atoms with E-state index in [4.69, 9.17) is 12.2 Å². The summed E-state index contributed by atoms with van der Waals surface area (Å²) < 4.78 is 0. The zero-order valence-electron chi connectivity index (χ0n) is 9.76. The molecule has 82 valence electrons. The number of rotatable bonds is 1. The van der Waals surface area contributed by atoms with Gasteiger partial charge in [-0.05, 0) is 43.3 Å². The van der Waals surface area contributed by atoms with Crippen molar-refractivity contribution in [2.24, 2.45) is 5.41 Å². The van der Waals surface area contributed by atoms with Crippen LogP contribution in [0.25, 0.3) is 0 Å². The number of nitrogens with zero attached hydrogens (tertiary/aromatic N) is 1. The van der Waals surface area contributed by atoms with Gasteiger partial charge in [-0.2, -0.15) is 0 Å². The minimum Gasteiger partial charge on any atom is -0.366 e. The van der Waals surface area contributed by atoms with Crippen LogP contribution in [0.4, 0.5) is 0 Å². The molecule has 0 aromatic rings. The fourth-order valence-electron chi connectivity index (χ4n) is 2.11. The quantitative estimate of drug-likeness (QED) is 0.675. The van der Waals surface area contributed by atoms with Gasteiger partial charge in [-0.15, -0.1) is 0 Å². The fourth-order valence-corrected chi connectivity index (χ4v) is 2.26. The molecule has 0 spiro atoms. The van der Waals surface area contributed by atoms with Crippen molar-refractivity contribution in [1.82, 2.24) is 10.2 Å². The van der Waals surface area contributed by atoms with E-state index in [0.717, 1.165) is 5.11 Å². The van der Waals surface area contributed by atoms with E-state index in [0.29, 0.717) is 11.5 Å². The number of nitrogens with one attached hydrogen (secondary N) is 1. The summed E-state index contributed by atoms with van der Waals surface area (Å²) in [5.74, 6) is 0. The Morgan fingerprint density at radius 1 is 1.36 bits per heavy atom. The van der Waals surface area contributed by atoms with Crippen LogP contribution in [0.2, 0.25) is 0 Å². The van der Waals surface area contributed by atoms with Crippen LogP contribution in [0.5, 0.6) is 0 Å². The van der Waals surface area contributed by atoms with Crippen LogP contribution in [-0.2, 0) is 0 Å². The minimum atomic E-state index is 0.540. The second-order valence-electron chi connectivity index (χ2n) is 5.06. The average molecular weight is 214 g/mol. The van der Waals surface area contributed by atoms with Crippen LogP contribution in [-0.4, -0.2) is 30.1 Å². The highest BCUT2D eigenvalue weighted by Gasteiger charge is 2.29. The molecule has 1 aliphatic carbocycles. The molecule has 0 unspecified atom stereocenters. The molecule has 1 saturated carbocycles. The Labute approximate surface area is 93.1 Å². The number of hydrogen-bond donors (Lipinski definition) is 1. The molecule has 1 rings (SSSR count). The lowest BCUT2D eigenvalue weighted by Crippen LogP contribution is -2.44. The smallest absolute Gasteiger partial charge is 0.168 e. The molecule has 1 N–H and O–H groups in total. The van der Waals surface area contributed by atoms with Crippen molar-refractivity contribution >= 4 is 17.3 Å². The lowest BCUT2D eigenvalue weighted by atomic mass is 9.75. The van der Waals surface area contributed by atoms with Crippen LogP contribution in [0.1, 0.15) is 39.5 Å². The van der Waals surface area contributed by atoms with Gasteiger partial charge in [-0.25, -0.2) is 0 Å².